The van der Waals surface area contributed by atoms with E-state index in [-0.39, 0.29) is 6.54 Å². The van der Waals surface area contributed by atoms with Gasteiger partial charge in [0, 0.05) is 24.7 Å². The lowest BCUT2D eigenvalue weighted by Gasteiger charge is -2.23. The number of rotatable bonds is 9. The van der Waals surface area contributed by atoms with Crippen molar-refractivity contribution < 1.29 is 19.7 Å². The molecular weight excluding hydrogens is 430 g/mol. The molecule has 1 unspecified atom stereocenters. The molecule has 7 nitrogen and oxygen atoms in total. The Morgan fingerprint density at radius 2 is 1.59 bits per heavy atom. The standard InChI is InChI=1S/C27H25N3O4/c1-30(17-23(31)21-13-8-14-22(15-21)34-18-25(32)33)24-16-28-26(19-9-4-2-5-10-19)27(29-24)20-11-6-3-7-12-20/h2-16,23,31H,17-18H2,1H3,(H,32,33). The molecule has 4 aromatic rings. The van der Waals surface area contributed by atoms with E-state index in [1.165, 1.54) is 0 Å². The number of anilines is 1. The van der Waals surface area contributed by atoms with Gasteiger partial charge in [-0.1, -0.05) is 72.8 Å². The Kier molecular flexibility index (Phi) is 7.15. The van der Waals surface area contributed by atoms with Gasteiger partial charge in [-0.3, -0.25) is 4.98 Å². The molecule has 0 bridgehead atoms. The molecule has 0 aliphatic carbocycles. The predicted molar refractivity (Wildman–Crippen MR) is 131 cm³/mol. The lowest BCUT2D eigenvalue weighted by molar-refractivity contribution is -0.139. The molecule has 2 N–H and O–H groups in total. The van der Waals surface area contributed by atoms with Gasteiger partial charge in [-0.2, -0.15) is 0 Å². The summed E-state index contributed by atoms with van der Waals surface area (Å²) < 4.78 is 5.22. The van der Waals surface area contributed by atoms with E-state index in [0.717, 1.165) is 22.5 Å². The first-order chi connectivity index (χ1) is 16.5. The summed E-state index contributed by atoms with van der Waals surface area (Å²) in [6.45, 7) is -0.180. The van der Waals surface area contributed by atoms with E-state index < -0.39 is 18.7 Å². The highest BCUT2D eigenvalue weighted by Gasteiger charge is 2.17. The van der Waals surface area contributed by atoms with E-state index >= 15 is 0 Å². The molecule has 1 atom stereocenters. The van der Waals surface area contributed by atoms with Crippen LogP contribution in [0.5, 0.6) is 5.75 Å². The van der Waals surface area contributed by atoms with Crippen LogP contribution >= 0.6 is 0 Å². The smallest absolute Gasteiger partial charge is 0.341 e. The Bertz CT molecular complexity index is 1250. The number of aliphatic carboxylic acids is 1. The molecule has 172 valence electrons. The number of carbonyl (C=O) groups is 1. The van der Waals surface area contributed by atoms with Gasteiger partial charge in [-0.05, 0) is 17.7 Å². The zero-order chi connectivity index (χ0) is 23.9. The predicted octanol–water partition coefficient (Wildman–Crippen LogP) is 4.44. The van der Waals surface area contributed by atoms with Crippen molar-refractivity contribution in [2.75, 3.05) is 25.1 Å². The Hall–Kier alpha value is -4.23. The van der Waals surface area contributed by atoms with Crippen LogP contribution in [-0.2, 0) is 4.79 Å². The largest absolute Gasteiger partial charge is 0.482 e. The maximum absolute atomic E-state index is 10.8. The van der Waals surface area contributed by atoms with Crippen LogP contribution in [0, 0.1) is 0 Å². The van der Waals surface area contributed by atoms with E-state index in [0.29, 0.717) is 17.1 Å². The molecule has 4 rings (SSSR count). The molecular formula is C27H25N3O4. The van der Waals surface area contributed by atoms with Gasteiger partial charge >= 0.3 is 5.97 Å². The van der Waals surface area contributed by atoms with Crippen LogP contribution in [0.25, 0.3) is 22.5 Å². The number of benzene rings is 3. The van der Waals surface area contributed by atoms with Crippen LogP contribution < -0.4 is 9.64 Å². The van der Waals surface area contributed by atoms with E-state index in [9.17, 15) is 9.90 Å². The fourth-order valence-electron chi connectivity index (χ4n) is 3.58. The van der Waals surface area contributed by atoms with Crippen LogP contribution in [0.4, 0.5) is 5.82 Å². The Morgan fingerprint density at radius 1 is 0.941 bits per heavy atom. The first-order valence-electron chi connectivity index (χ1n) is 10.8. The molecule has 3 aromatic carbocycles. The number of hydrogen-bond acceptors (Lipinski definition) is 6. The molecule has 0 saturated carbocycles. The van der Waals surface area contributed by atoms with Gasteiger partial charge in [0.2, 0.25) is 0 Å². The van der Waals surface area contributed by atoms with E-state index in [1.807, 2.05) is 72.6 Å². The summed E-state index contributed by atoms with van der Waals surface area (Å²) in [5.74, 6) is -0.0479. The summed E-state index contributed by atoms with van der Waals surface area (Å²) in [6, 6.07) is 26.6. The van der Waals surface area contributed by atoms with Crippen molar-refractivity contribution in [3.05, 3.63) is 96.7 Å². The topological polar surface area (TPSA) is 95.8 Å². The monoisotopic (exact) mass is 455 g/mol. The van der Waals surface area contributed by atoms with Gasteiger partial charge in [-0.25, -0.2) is 9.78 Å². The fraction of sp³-hybridized carbons (Fsp3) is 0.148. The lowest BCUT2D eigenvalue weighted by Crippen LogP contribution is -2.25. The van der Waals surface area contributed by atoms with Gasteiger partial charge in [0.05, 0.1) is 23.7 Å². The van der Waals surface area contributed by atoms with Crippen LogP contribution in [0.2, 0.25) is 0 Å². The zero-order valence-corrected chi connectivity index (χ0v) is 18.7. The second kappa shape index (κ2) is 10.6. The summed E-state index contributed by atoms with van der Waals surface area (Å²) >= 11 is 0. The summed E-state index contributed by atoms with van der Waals surface area (Å²) in [7, 11) is 1.84. The molecule has 0 aliphatic heterocycles. The SMILES string of the molecule is CN(CC(O)c1cccc(OCC(=O)O)c1)c1cnc(-c2ccccc2)c(-c2ccccc2)n1. The summed E-state index contributed by atoms with van der Waals surface area (Å²) in [5.41, 5.74) is 4.09. The van der Waals surface area contributed by atoms with Gasteiger partial charge in [0.15, 0.2) is 6.61 Å². The fourth-order valence-corrected chi connectivity index (χ4v) is 3.58. The minimum atomic E-state index is -1.06. The average Bonchev–Trinajstić information content (AvgIpc) is 2.88. The highest BCUT2D eigenvalue weighted by Crippen LogP contribution is 2.30. The van der Waals surface area contributed by atoms with Gasteiger partial charge < -0.3 is 19.8 Å². The minimum absolute atomic E-state index is 0.260. The second-order valence-electron chi connectivity index (χ2n) is 7.81. The quantitative estimate of drug-likeness (QED) is 0.385. The Labute approximate surface area is 197 Å². The number of aliphatic hydroxyl groups excluding tert-OH is 1. The minimum Gasteiger partial charge on any atom is -0.482 e. The third-order valence-corrected chi connectivity index (χ3v) is 5.30. The Balaban J connectivity index is 1.58. The number of aromatic nitrogens is 2. The van der Waals surface area contributed by atoms with Crippen LogP contribution in [0.1, 0.15) is 11.7 Å². The molecule has 7 heteroatoms. The number of aliphatic hydroxyl groups is 1. The molecule has 0 amide bonds. The molecule has 0 spiro atoms. The van der Waals surface area contributed by atoms with Crippen LogP contribution in [0.15, 0.2) is 91.1 Å². The van der Waals surface area contributed by atoms with Crippen LogP contribution in [-0.4, -0.2) is 46.3 Å². The number of carboxylic acids is 1. The first kappa shape index (κ1) is 22.9. The van der Waals surface area contributed by atoms with Crippen molar-refractivity contribution in [3.63, 3.8) is 0 Å². The number of likely N-dealkylation sites (N-methyl/N-ethyl adjacent to an activating group) is 1. The highest BCUT2D eigenvalue weighted by molar-refractivity contribution is 5.78. The number of ether oxygens (including phenoxy) is 1. The van der Waals surface area contributed by atoms with Crippen molar-refractivity contribution in [2.45, 2.75) is 6.10 Å². The molecule has 0 saturated heterocycles. The third-order valence-electron chi connectivity index (χ3n) is 5.30. The van der Waals surface area contributed by atoms with E-state index in [1.54, 1.807) is 30.5 Å². The zero-order valence-electron chi connectivity index (χ0n) is 18.7. The van der Waals surface area contributed by atoms with Gasteiger partial charge in [-0.15, -0.1) is 0 Å². The average molecular weight is 456 g/mol. The van der Waals surface area contributed by atoms with E-state index in [2.05, 4.69) is 0 Å². The number of hydrogen-bond donors (Lipinski definition) is 2. The van der Waals surface area contributed by atoms with Crippen molar-refractivity contribution in [3.8, 4) is 28.3 Å². The molecule has 0 radical (unpaired) electrons. The van der Waals surface area contributed by atoms with Crippen molar-refractivity contribution >= 4 is 11.8 Å². The van der Waals surface area contributed by atoms with Crippen molar-refractivity contribution in [2.24, 2.45) is 0 Å². The van der Waals surface area contributed by atoms with Crippen molar-refractivity contribution in [1.29, 1.82) is 0 Å². The van der Waals surface area contributed by atoms with Crippen LogP contribution in [0.3, 0.4) is 0 Å². The highest BCUT2D eigenvalue weighted by atomic mass is 16.5. The summed E-state index contributed by atoms with van der Waals surface area (Å²) in [4.78, 5) is 22.2. The molecule has 0 aliphatic rings. The van der Waals surface area contributed by atoms with Crippen molar-refractivity contribution in [1.82, 2.24) is 9.97 Å². The molecule has 1 aromatic heterocycles. The molecule has 34 heavy (non-hydrogen) atoms. The van der Waals surface area contributed by atoms with E-state index in [4.69, 9.17) is 19.8 Å². The third kappa shape index (κ3) is 5.57. The molecule has 0 fully saturated rings. The molecule has 1 heterocycles. The lowest BCUT2D eigenvalue weighted by atomic mass is 10.0. The summed E-state index contributed by atoms with van der Waals surface area (Å²) in [5, 5.41) is 19.6. The second-order valence-corrected chi connectivity index (χ2v) is 7.81. The maximum atomic E-state index is 10.8. The number of nitrogens with zero attached hydrogens (tertiary/aromatic N) is 3. The normalized spacial score (nSPS) is 11.6. The maximum Gasteiger partial charge on any atom is 0.341 e. The first-order valence-corrected chi connectivity index (χ1v) is 10.8. The van der Waals surface area contributed by atoms with Gasteiger partial charge in [0.1, 0.15) is 11.6 Å². The summed E-state index contributed by atoms with van der Waals surface area (Å²) in [6.07, 6.45) is 0.864. The Morgan fingerprint density at radius 3 is 2.24 bits per heavy atom. The van der Waals surface area contributed by atoms with Gasteiger partial charge in [0.25, 0.3) is 0 Å². The number of carboxylic acid groups (broad SMARTS) is 1.